The molecule has 2 amide bonds. The minimum Gasteiger partial charge on any atom is -0.395 e. The topological polar surface area (TPSA) is 95.7 Å². The second kappa shape index (κ2) is 5.50. The summed E-state index contributed by atoms with van der Waals surface area (Å²) >= 11 is 0. The molecule has 0 aliphatic heterocycles. The molecule has 0 unspecified atom stereocenters. The van der Waals surface area contributed by atoms with Crippen LogP contribution in [-0.2, 0) is 9.59 Å². The molecule has 0 fully saturated rings. The van der Waals surface area contributed by atoms with Crippen molar-refractivity contribution >= 4 is 11.8 Å². The van der Waals surface area contributed by atoms with Crippen molar-refractivity contribution in [3.8, 4) is 0 Å². The van der Waals surface area contributed by atoms with E-state index in [0.29, 0.717) is 6.54 Å². The Labute approximate surface area is 70.3 Å². The van der Waals surface area contributed by atoms with Crippen molar-refractivity contribution < 1.29 is 14.7 Å². The van der Waals surface area contributed by atoms with Crippen molar-refractivity contribution in [1.29, 1.82) is 0 Å². The molecule has 0 aliphatic carbocycles. The molecule has 0 radical (unpaired) electrons. The van der Waals surface area contributed by atoms with Crippen LogP contribution in [0.15, 0.2) is 0 Å². The zero-order valence-corrected chi connectivity index (χ0v) is 6.91. The Hall–Kier alpha value is -1.14. The summed E-state index contributed by atoms with van der Waals surface area (Å²) in [5, 5.41) is 9.47. The van der Waals surface area contributed by atoms with Crippen LogP contribution in [0.2, 0.25) is 0 Å². The molecule has 0 saturated heterocycles. The average molecular weight is 175 g/mol. The highest BCUT2D eigenvalue weighted by atomic mass is 16.3. The Morgan fingerprint density at radius 3 is 2.50 bits per heavy atom. The van der Waals surface area contributed by atoms with Gasteiger partial charge >= 0.3 is 11.8 Å². The molecule has 0 saturated carbocycles. The summed E-state index contributed by atoms with van der Waals surface area (Å²) in [6.07, 6.45) is 0. The molecule has 0 aromatic heterocycles. The lowest BCUT2D eigenvalue weighted by molar-refractivity contribution is -0.146. The van der Waals surface area contributed by atoms with Crippen LogP contribution in [0, 0.1) is 0 Å². The number of nitrogens with zero attached hydrogens (tertiary/aromatic N) is 1. The van der Waals surface area contributed by atoms with Gasteiger partial charge in [-0.2, -0.15) is 0 Å². The van der Waals surface area contributed by atoms with E-state index in [2.05, 4.69) is 5.43 Å². The van der Waals surface area contributed by atoms with Crippen LogP contribution in [0.1, 0.15) is 6.92 Å². The summed E-state index contributed by atoms with van der Waals surface area (Å²) in [7, 11) is 0. The monoisotopic (exact) mass is 175 g/mol. The number of hydrogen-bond donors (Lipinski definition) is 3. The molecule has 0 spiro atoms. The second-order valence-corrected chi connectivity index (χ2v) is 2.05. The van der Waals surface area contributed by atoms with Crippen molar-refractivity contribution in [2.45, 2.75) is 6.92 Å². The third-order valence-corrected chi connectivity index (χ3v) is 1.19. The van der Waals surface area contributed by atoms with E-state index in [1.54, 1.807) is 6.92 Å². The van der Waals surface area contributed by atoms with Crippen molar-refractivity contribution in [3.63, 3.8) is 0 Å². The highest BCUT2D eigenvalue weighted by Gasteiger charge is 2.16. The van der Waals surface area contributed by atoms with Gasteiger partial charge in [0.25, 0.3) is 0 Å². The Morgan fingerprint density at radius 1 is 1.58 bits per heavy atom. The highest BCUT2D eigenvalue weighted by Crippen LogP contribution is 1.82. The summed E-state index contributed by atoms with van der Waals surface area (Å²) in [4.78, 5) is 21.3. The standard InChI is InChI=1S/C6H13N3O3/c1-2-9(8-3-4-10)6(12)5(7)11/h8,10H,2-4H2,1H3,(H2,7,11). The maximum atomic E-state index is 10.9. The van der Waals surface area contributed by atoms with E-state index in [1.165, 1.54) is 0 Å². The minimum absolute atomic E-state index is 0.109. The number of carbonyl (C=O) groups excluding carboxylic acids is 2. The molecule has 0 aromatic carbocycles. The molecule has 0 aromatic rings. The predicted molar refractivity (Wildman–Crippen MR) is 41.7 cm³/mol. The number of carbonyl (C=O) groups is 2. The van der Waals surface area contributed by atoms with Gasteiger partial charge < -0.3 is 10.8 Å². The van der Waals surface area contributed by atoms with Gasteiger partial charge in [0.1, 0.15) is 0 Å². The molecular weight excluding hydrogens is 162 g/mol. The van der Waals surface area contributed by atoms with Crippen molar-refractivity contribution in [1.82, 2.24) is 10.4 Å². The number of aliphatic hydroxyl groups is 1. The molecular formula is C6H13N3O3. The van der Waals surface area contributed by atoms with E-state index < -0.39 is 11.8 Å². The maximum absolute atomic E-state index is 10.9. The van der Waals surface area contributed by atoms with Crippen molar-refractivity contribution in [3.05, 3.63) is 0 Å². The van der Waals surface area contributed by atoms with Gasteiger partial charge in [0.05, 0.1) is 6.61 Å². The highest BCUT2D eigenvalue weighted by molar-refractivity contribution is 6.34. The van der Waals surface area contributed by atoms with E-state index in [9.17, 15) is 9.59 Å². The maximum Gasteiger partial charge on any atom is 0.325 e. The van der Waals surface area contributed by atoms with Gasteiger partial charge in [-0.05, 0) is 6.92 Å². The molecule has 0 atom stereocenters. The number of nitrogens with two attached hydrogens (primary N) is 1. The van der Waals surface area contributed by atoms with Gasteiger partial charge in [0.15, 0.2) is 0 Å². The van der Waals surface area contributed by atoms with Crippen molar-refractivity contribution in [2.24, 2.45) is 5.73 Å². The van der Waals surface area contributed by atoms with Crippen LogP contribution < -0.4 is 11.2 Å². The Morgan fingerprint density at radius 2 is 2.17 bits per heavy atom. The van der Waals surface area contributed by atoms with E-state index >= 15 is 0 Å². The van der Waals surface area contributed by atoms with Gasteiger partial charge in [-0.3, -0.25) is 14.6 Å². The lowest BCUT2D eigenvalue weighted by atomic mass is 10.5. The summed E-state index contributed by atoms with van der Waals surface area (Å²) in [6.45, 7) is 2.11. The minimum atomic E-state index is -1.01. The molecule has 0 bridgehead atoms. The van der Waals surface area contributed by atoms with Crippen LogP contribution >= 0.6 is 0 Å². The fraction of sp³-hybridized carbons (Fsp3) is 0.667. The largest absolute Gasteiger partial charge is 0.395 e. The third kappa shape index (κ3) is 3.31. The number of primary amides is 1. The van der Waals surface area contributed by atoms with E-state index in [4.69, 9.17) is 10.8 Å². The summed E-state index contributed by atoms with van der Waals surface area (Å²) in [5.74, 6) is -1.81. The molecule has 6 nitrogen and oxygen atoms in total. The predicted octanol–water partition coefficient (Wildman–Crippen LogP) is -2.18. The van der Waals surface area contributed by atoms with Crippen LogP contribution in [0.4, 0.5) is 0 Å². The molecule has 70 valence electrons. The van der Waals surface area contributed by atoms with Gasteiger partial charge in [-0.15, -0.1) is 0 Å². The zero-order chi connectivity index (χ0) is 9.56. The smallest absolute Gasteiger partial charge is 0.325 e. The number of aliphatic hydroxyl groups excluding tert-OH is 1. The van der Waals surface area contributed by atoms with Crippen LogP contribution in [0.25, 0.3) is 0 Å². The van der Waals surface area contributed by atoms with Gasteiger partial charge in [0.2, 0.25) is 0 Å². The number of likely N-dealkylation sites (N-methyl/N-ethyl adjacent to an activating group) is 1. The number of hydrazine groups is 1. The van der Waals surface area contributed by atoms with Crippen LogP contribution in [0.3, 0.4) is 0 Å². The molecule has 0 heterocycles. The summed E-state index contributed by atoms with van der Waals surface area (Å²) < 4.78 is 0. The molecule has 4 N–H and O–H groups in total. The second-order valence-electron chi connectivity index (χ2n) is 2.05. The first-order chi connectivity index (χ1) is 5.63. The molecule has 0 aliphatic rings. The normalized spacial score (nSPS) is 9.50. The first kappa shape index (κ1) is 10.9. The van der Waals surface area contributed by atoms with Crippen LogP contribution in [-0.4, -0.2) is 41.6 Å². The lowest BCUT2D eigenvalue weighted by Gasteiger charge is -2.19. The summed E-state index contributed by atoms with van der Waals surface area (Å²) in [6, 6.07) is 0. The summed E-state index contributed by atoms with van der Waals surface area (Å²) in [5.41, 5.74) is 7.28. The SMILES string of the molecule is CCN(NCCO)C(=O)C(N)=O. The van der Waals surface area contributed by atoms with Gasteiger partial charge in [0, 0.05) is 13.1 Å². The Bertz CT molecular complexity index is 171. The van der Waals surface area contributed by atoms with Crippen LogP contribution in [0.5, 0.6) is 0 Å². The van der Waals surface area contributed by atoms with E-state index in [0.717, 1.165) is 5.01 Å². The Balaban J connectivity index is 3.96. The van der Waals surface area contributed by atoms with E-state index in [1.807, 2.05) is 0 Å². The van der Waals surface area contributed by atoms with Gasteiger partial charge in [-0.1, -0.05) is 0 Å². The molecule has 0 rings (SSSR count). The lowest BCUT2D eigenvalue weighted by Crippen LogP contribution is -2.49. The molecule has 6 heteroatoms. The quantitative estimate of drug-likeness (QED) is 0.334. The zero-order valence-electron chi connectivity index (χ0n) is 6.91. The van der Waals surface area contributed by atoms with Crippen molar-refractivity contribution in [2.75, 3.05) is 19.7 Å². The number of nitrogens with one attached hydrogen (secondary N) is 1. The van der Waals surface area contributed by atoms with E-state index in [-0.39, 0.29) is 13.2 Å². The average Bonchev–Trinajstić information content (AvgIpc) is 2.05. The number of amides is 2. The first-order valence-electron chi connectivity index (χ1n) is 3.59. The van der Waals surface area contributed by atoms with Gasteiger partial charge in [-0.25, -0.2) is 5.43 Å². The fourth-order valence-electron chi connectivity index (χ4n) is 0.645. The molecule has 12 heavy (non-hydrogen) atoms. The number of rotatable bonds is 4. The third-order valence-electron chi connectivity index (χ3n) is 1.19. The first-order valence-corrected chi connectivity index (χ1v) is 3.59. The Kier molecular flexibility index (Phi) is 4.98. The number of hydrogen-bond acceptors (Lipinski definition) is 4. The fourth-order valence-corrected chi connectivity index (χ4v) is 0.645.